The molecule has 1 unspecified atom stereocenters. The summed E-state index contributed by atoms with van der Waals surface area (Å²) in [5.74, 6) is -1.95. The lowest BCUT2D eigenvalue weighted by atomic mass is 9.99. The van der Waals surface area contributed by atoms with E-state index in [0.717, 1.165) is 9.13 Å². The van der Waals surface area contributed by atoms with Crippen LogP contribution in [0.15, 0.2) is 33.9 Å². The van der Waals surface area contributed by atoms with Crippen molar-refractivity contribution in [2.45, 2.75) is 12.5 Å². The third-order valence-corrected chi connectivity index (χ3v) is 4.06. The number of benzene rings is 1. The molecule has 0 spiro atoms. The number of fused-ring (bicyclic) bond motifs is 1. The van der Waals surface area contributed by atoms with E-state index in [0.29, 0.717) is 11.1 Å². The molecule has 0 saturated heterocycles. The van der Waals surface area contributed by atoms with Crippen molar-refractivity contribution >= 4 is 11.8 Å². The highest BCUT2D eigenvalue weighted by molar-refractivity contribution is 6.00. The molecule has 0 aliphatic carbocycles. The number of aromatic nitrogens is 2. The summed E-state index contributed by atoms with van der Waals surface area (Å²) in [4.78, 5) is 48.2. The maximum absolute atomic E-state index is 12.5. The molecule has 2 aromatic rings. The minimum Gasteiger partial charge on any atom is -0.494 e. The second-order valence-corrected chi connectivity index (χ2v) is 5.51. The standard InChI is InChI=1S/C16H14N2O6/c1-17-13(20)12(14(21)18(2)16(17)23)10(19)7-11-8-5-3-4-6-9(8)15(22)24-11/h3-6,11,20H,7H2,1-2H3. The van der Waals surface area contributed by atoms with Gasteiger partial charge in [0, 0.05) is 19.7 Å². The molecule has 2 heterocycles. The van der Waals surface area contributed by atoms with Crippen LogP contribution in [0.1, 0.15) is 38.8 Å². The second kappa shape index (κ2) is 5.48. The number of carbonyl (C=O) groups excluding carboxylic acids is 2. The SMILES string of the molecule is Cn1c(O)c(C(=O)CC2OC(=O)c3ccccc32)c(=O)n(C)c1=O. The maximum Gasteiger partial charge on any atom is 0.339 e. The maximum atomic E-state index is 12.5. The minimum atomic E-state index is -0.891. The van der Waals surface area contributed by atoms with Crippen LogP contribution in [0.25, 0.3) is 0 Å². The van der Waals surface area contributed by atoms with Gasteiger partial charge in [0.05, 0.1) is 12.0 Å². The van der Waals surface area contributed by atoms with Gasteiger partial charge in [-0.15, -0.1) is 0 Å². The molecule has 0 saturated carbocycles. The van der Waals surface area contributed by atoms with E-state index in [1.165, 1.54) is 14.1 Å². The Kier molecular flexibility index (Phi) is 3.59. The van der Waals surface area contributed by atoms with Gasteiger partial charge in [-0.25, -0.2) is 9.59 Å². The van der Waals surface area contributed by atoms with Crippen LogP contribution in [0, 0.1) is 0 Å². The van der Waals surface area contributed by atoms with Gasteiger partial charge in [-0.1, -0.05) is 18.2 Å². The summed E-state index contributed by atoms with van der Waals surface area (Å²) in [6, 6.07) is 6.64. The van der Waals surface area contributed by atoms with E-state index in [1.54, 1.807) is 24.3 Å². The van der Waals surface area contributed by atoms with Crippen LogP contribution in [-0.2, 0) is 18.8 Å². The van der Waals surface area contributed by atoms with Gasteiger partial charge in [0.25, 0.3) is 5.56 Å². The molecule has 1 aliphatic rings. The zero-order chi connectivity index (χ0) is 17.6. The van der Waals surface area contributed by atoms with Crippen molar-refractivity contribution in [2.24, 2.45) is 14.1 Å². The molecular formula is C16H14N2O6. The predicted molar refractivity (Wildman–Crippen MR) is 82.1 cm³/mol. The Balaban J connectivity index is 2.00. The third kappa shape index (κ3) is 2.23. The monoisotopic (exact) mass is 330 g/mol. The van der Waals surface area contributed by atoms with Crippen LogP contribution in [0.2, 0.25) is 0 Å². The number of cyclic esters (lactones) is 1. The Morgan fingerprint density at radius 1 is 1.17 bits per heavy atom. The molecule has 1 aromatic heterocycles. The van der Waals surface area contributed by atoms with E-state index < -0.39 is 40.5 Å². The number of aromatic hydroxyl groups is 1. The van der Waals surface area contributed by atoms with Crippen molar-refractivity contribution in [3.05, 3.63) is 61.8 Å². The second-order valence-electron chi connectivity index (χ2n) is 5.51. The van der Waals surface area contributed by atoms with E-state index in [2.05, 4.69) is 0 Å². The molecule has 1 atom stereocenters. The minimum absolute atomic E-state index is 0.302. The molecule has 0 amide bonds. The molecule has 0 radical (unpaired) electrons. The topological polar surface area (TPSA) is 108 Å². The first kappa shape index (κ1) is 15.7. The molecule has 8 heteroatoms. The summed E-state index contributed by atoms with van der Waals surface area (Å²) in [5.41, 5.74) is -1.21. The van der Waals surface area contributed by atoms with Crippen molar-refractivity contribution in [1.82, 2.24) is 9.13 Å². The number of esters is 1. The first-order valence-corrected chi connectivity index (χ1v) is 7.15. The summed E-state index contributed by atoms with van der Waals surface area (Å²) in [7, 11) is 2.46. The van der Waals surface area contributed by atoms with Crippen molar-refractivity contribution < 1.29 is 19.4 Å². The zero-order valence-corrected chi connectivity index (χ0v) is 13.0. The number of nitrogens with zero attached hydrogens (tertiary/aromatic N) is 2. The number of ketones is 1. The van der Waals surface area contributed by atoms with E-state index >= 15 is 0 Å². The number of hydrogen-bond donors (Lipinski definition) is 1. The Hall–Kier alpha value is -3.16. The number of Topliss-reactive ketones (excluding diaryl/α,β-unsaturated/α-hetero) is 1. The van der Waals surface area contributed by atoms with Gasteiger partial charge in [-0.05, 0) is 6.07 Å². The molecule has 1 N–H and O–H groups in total. The average molecular weight is 330 g/mol. The molecule has 0 bridgehead atoms. The summed E-state index contributed by atoms with van der Waals surface area (Å²) >= 11 is 0. The summed E-state index contributed by atoms with van der Waals surface area (Å²) in [6.07, 6.45) is -1.13. The van der Waals surface area contributed by atoms with Gasteiger partial charge in [0.1, 0.15) is 11.7 Å². The van der Waals surface area contributed by atoms with Crippen molar-refractivity contribution in [3.8, 4) is 5.88 Å². The van der Waals surface area contributed by atoms with Crippen LogP contribution in [0.3, 0.4) is 0 Å². The molecule has 1 aliphatic heterocycles. The van der Waals surface area contributed by atoms with Crippen LogP contribution in [0.4, 0.5) is 0 Å². The Morgan fingerprint density at radius 3 is 2.54 bits per heavy atom. The van der Waals surface area contributed by atoms with Gasteiger partial charge in [0.2, 0.25) is 5.88 Å². The van der Waals surface area contributed by atoms with Crippen LogP contribution >= 0.6 is 0 Å². The fourth-order valence-electron chi connectivity index (χ4n) is 2.72. The molecule has 24 heavy (non-hydrogen) atoms. The smallest absolute Gasteiger partial charge is 0.339 e. The molecular weight excluding hydrogens is 316 g/mol. The predicted octanol–water partition coefficient (Wildman–Crippen LogP) is 0.274. The highest BCUT2D eigenvalue weighted by atomic mass is 16.5. The molecule has 1 aromatic carbocycles. The zero-order valence-electron chi connectivity index (χ0n) is 13.0. The molecule has 0 fully saturated rings. The van der Waals surface area contributed by atoms with Gasteiger partial charge >= 0.3 is 11.7 Å². The van der Waals surface area contributed by atoms with Crippen LogP contribution < -0.4 is 11.2 Å². The van der Waals surface area contributed by atoms with Crippen molar-refractivity contribution in [1.29, 1.82) is 0 Å². The van der Waals surface area contributed by atoms with Crippen molar-refractivity contribution in [2.75, 3.05) is 0 Å². The quantitative estimate of drug-likeness (QED) is 0.639. The lowest BCUT2D eigenvalue weighted by Crippen LogP contribution is -2.40. The van der Waals surface area contributed by atoms with E-state index in [-0.39, 0.29) is 6.42 Å². The normalized spacial score (nSPS) is 15.9. The fourth-order valence-corrected chi connectivity index (χ4v) is 2.72. The Labute approximate surface area is 135 Å². The van der Waals surface area contributed by atoms with Crippen LogP contribution in [-0.4, -0.2) is 26.0 Å². The number of rotatable bonds is 3. The lowest BCUT2D eigenvalue weighted by Gasteiger charge is -2.12. The summed E-state index contributed by atoms with van der Waals surface area (Å²) in [6.45, 7) is 0. The summed E-state index contributed by atoms with van der Waals surface area (Å²) in [5, 5.41) is 10.00. The molecule has 124 valence electrons. The first-order chi connectivity index (χ1) is 11.3. The Bertz CT molecular complexity index is 985. The number of carbonyl (C=O) groups is 2. The largest absolute Gasteiger partial charge is 0.494 e. The van der Waals surface area contributed by atoms with Gasteiger partial charge in [0.15, 0.2) is 5.78 Å². The van der Waals surface area contributed by atoms with E-state index in [4.69, 9.17) is 4.74 Å². The highest BCUT2D eigenvalue weighted by Crippen LogP contribution is 2.33. The Morgan fingerprint density at radius 2 is 1.83 bits per heavy atom. The number of hydrogen-bond acceptors (Lipinski definition) is 6. The van der Waals surface area contributed by atoms with E-state index in [9.17, 15) is 24.3 Å². The van der Waals surface area contributed by atoms with Crippen molar-refractivity contribution in [3.63, 3.8) is 0 Å². The first-order valence-electron chi connectivity index (χ1n) is 7.15. The van der Waals surface area contributed by atoms with Gasteiger partial charge in [-0.3, -0.25) is 18.7 Å². The van der Waals surface area contributed by atoms with Gasteiger partial charge < -0.3 is 9.84 Å². The fraction of sp³-hybridized carbons (Fsp3) is 0.250. The summed E-state index contributed by atoms with van der Waals surface area (Å²) < 4.78 is 6.72. The molecule has 8 nitrogen and oxygen atoms in total. The van der Waals surface area contributed by atoms with Crippen LogP contribution in [0.5, 0.6) is 5.88 Å². The highest BCUT2D eigenvalue weighted by Gasteiger charge is 2.34. The van der Waals surface area contributed by atoms with Gasteiger partial charge in [-0.2, -0.15) is 0 Å². The molecule has 3 rings (SSSR count). The average Bonchev–Trinajstić information content (AvgIpc) is 2.88. The third-order valence-electron chi connectivity index (χ3n) is 4.06. The lowest BCUT2D eigenvalue weighted by molar-refractivity contribution is 0.0366. The number of ether oxygens (including phenoxy) is 1. The van der Waals surface area contributed by atoms with E-state index in [1.807, 2.05) is 0 Å².